The van der Waals surface area contributed by atoms with E-state index in [9.17, 15) is 9.90 Å². The lowest BCUT2D eigenvalue weighted by Crippen LogP contribution is -2.36. The monoisotopic (exact) mass is 327 g/mol. The molecule has 5 heteroatoms. The van der Waals surface area contributed by atoms with Gasteiger partial charge in [-0.05, 0) is 51.0 Å². The maximum Gasteiger partial charge on any atom is 0.272 e. The van der Waals surface area contributed by atoms with Gasteiger partial charge in [-0.15, -0.1) is 0 Å². The van der Waals surface area contributed by atoms with Crippen molar-refractivity contribution >= 4 is 17.3 Å². The highest BCUT2D eigenvalue weighted by atomic mass is 16.3. The highest BCUT2D eigenvalue weighted by Gasteiger charge is 2.20. The zero-order valence-electron chi connectivity index (χ0n) is 14.3. The van der Waals surface area contributed by atoms with Crippen LogP contribution < -0.4 is 10.2 Å². The van der Waals surface area contributed by atoms with Crippen molar-refractivity contribution in [2.75, 3.05) is 23.3 Å². The van der Waals surface area contributed by atoms with Gasteiger partial charge in [-0.2, -0.15) is 0 Å². The summed E-state index contributed by atoms with van der Waals surface area (Å²) in [6.07, 6.45) is 3.24. The minimum Gasteiger partial charge on any atom is -0.393 e. The molecular formula is C19H25N3O2. The van der Waals surface area contributed by atoms with Gasteiger partial charge in [-0.1, -0.05) is 12.1 Å². The highest BCUT2D eigenvalue weighted by Crippen LogP contribution is 2.29. The number of aliphatic hydroxyl groups is 1. The zero-order chi connectivity index (χ0) is 17.1. The minimum absolute atomic E-state index is 0.0989. The number of aliphatic hydroxyl groups excluding tert-OH is 1. The molecule has 1 aromatic heterocycles. The molecule has 0 unspecified atom stereocenters. The van der Waals surface area contributed by atoms with Gasteiger partial charge in [0.1, 0.15) is 5.69 Å². The molecule has 0 saturated carbocycles. The molecular weight excluding hydrogens is 302 g/mol. The van der Waals surface area contributed by atoms with E-state index in [1.54, 1.807) is 0 Å². The number of rotatable bonds is 4. The topological polar surface area (TPSA) is 57.5 Å². The van der Waals surface area contributed by atoms with Gasteiger partial charge in [0.15, 0.2) is 0 Å². The van der Waals surface area contributed by atoms with Gasteiger partial charge in [-0.25, -0.2) is 0 Å². The number of para-hydroxylation sites is 2. The molecule has 1 amide bonds. The Labute approximate surface area is 142 Å². The SMILES string of the molecule is CC(C)n1cccc1C(=O)Nc1ccccc1N1CCC(O)CC1. The van der Waals surface area contributed by atoms with Crippen LogP contribution in [0, 0.1) is 0 Å². The van der Waals surface area contributed by atoms with Crippen molar-refractivity contribution in [3.63, 3.8) is 0 Å². The van der Waals surface area contributed by atoms with E-state index in [-0.39, 0.29) is 18.1 Å². The fourth-order valence-corrected chi connectivity index (χ4v) is 3.18. The third kappa shape index (κ3) is 3.46. The number of hydrogen-bond donors (Lipinski definition) is 2. The smallest absolute Gasteiger partial charge is 0.272 e. The summed E-state index contributed by atoms with van der Waals surface area (Å²) in [5, 5.41) is 12.7. The summed E-state index contributed by atoms with van der Waals surface area (Å²) in [4.78, 5) is 14.9. The van der Waals surface area contributed by atoms with E-state index in [4.69, 9.17) is 0 Å². The molecule has 2 aromatic rings. The maximum atomic E-state index is 12.7. The second kappa shape index (κ2) is 7.09. The number of anilines is 2. The lowest BCUT2D eigenvalue weighted by Gasteiger charge is -2.32. The first-order chi connectivity index (χ1) is 11.6. The van der Waals surface area contributed by atoms with Gasteiger partial charge < -0.3 is 19.9 Å². The average molecular weight is 327 g/mol. The number of piperidine rings is 1. The Kier molecular flexibility index (Phi) is 4.90. The molecule has 0 atom stereocenters. The zero-order valence-corrected chi connectivity index (χ0v) is 14.3. The van der Waals surface area contributed by atoms with Crippen LogP contribution in [0.2, 0.25) is 0 Å². The van der Waals surface area contributed by atoms with Gasteiger partial charge in [-0.3, -0.25) is 4.79 Å². The molecule has 2 N–H and O–H groups in total. The van der Waals surface area contributed by atoms with E-state index in [2.05, 4.69) is 24.1 Å². The van der Waals surface area contributed by atoms with E-state index in [1.807, 2.05) is 47.2 Å². The normalized spacial score (nSPS) is 15.8. The quantitative estimate of drug-likeness (QED) is 0.906. The fourth-order valence-electron chi connectivity index (χ4n) is 3.18. The first kappa shape index (κ1) is 16.6. The minimum atomic E-state index is -0.211. The summed E-state index contributed by atoms with van der Waals surface area (Å²) in [6, 6.07) is 11.8. The van der Waals surface area contributed by atoms with E-state index >= 15 is 0 Å². The largest absolute Gasteiger partial charge is 0.393 e. The molecule has 128 valence electrons. The predicted octanol–water partition coefficient (Wildman–Crippen LogP) is 3.28. The lowest BCUT2D eigenvalue weighted by molar-refractivity contribution is 0.101. The first-order valence-corrected chi connectivity index (χ1v) is 8.56. The molecule has 1 saturated heterocycles. The van der Waals surface area contributed by atoms with Crippen LogP contribution in [0.25, 0.3) is 0 Å². The van der Waals surface area contributed by atoms with Crippen molar-refractivity contribution in [3.8, 4) is 0 Å². The summed E-state index contributed by atoms with van der Waals surface area (Å²) in [6.45, 7) is 5.72. The number of hydrogen-bond acceptors (Lipinski definition) is 3. The third-order valence-corrected chi connectivity index (χ3v) is 4.53. The molecule has 0 radical (unpaired) electrons. The summed E-state index contributed by atoms with van der Waals surface area (Å²) < 4.78 is 1.97. The summed E-state index contributed by atoms with van der Waals surface area (Å²) in [5.41, 5.74) is 2.49. The molecule has 5 nitrogen and oxygen atoms in total. The summed E-state index contributed by atoms with van der Waals surface area (Å²) in [7, 11) is 0. The number of carbonyl (C=O) groups excluding carboxylic acids is 1. The van der Waals surface area contributed by atoms with Gasteiger partial charge in [0.2, 0.25) is 0 Å². The van der Waals surface area contributed by atoms with E-state index in [0.29, 0.717) is 5.69 Å². The molecule has 2 heterocycles. The Bertz CT molecular complexity index is 700. The Morgan fingerprint density at radius 3 is 2.58 bits per heavy atom. The molecule has 1 fully saturated rings. The summed E-state index contributed by atoms with van der Waals surface area (Å²) >= 11 is 0. The van der Waals surface area contributed by atoms with Crippen molar-refractivity contribution in [2.45, 2.75) is 38.8 Å². The number of benzene rings is 1. The van der Waals surface area contributed by atoms with Crippen molar-refractivity contribution in [1.29, 1.82) is 0 Å². The Morgan fingerprint density at radius 2 is 1.88 bits per heavy atom. The fraction of sp³-hybridized carbons (Fsp3) is 0.421. The van der Waals surface area contributed by atoms with Crippen LogP contribution in [-0.2, 0) is 0 Å². The van der Waals surface area contributed by atoms with E-state index in [1.165, 1.54) is 0 Å². The van der Waals surface area contributed by atoms with Crippen molar-refractivity contribution in [3.05, 3.63) is 48.3 Å². The van der Waals surface area contributed by atoms with Crippen LogP contribution in [-0.4, -0.2) is 34.8 Å². The van der Waals surface area contributed by atoms with Crippen LogP contribution in [0.4, 0.5) is 11.4 Å². The van der Waals surface area contributed by atoms with Gasteiger partial charge in [0, 0.05) is 25.3 Å². The molecule has 24 heavy (non-hydrogen) atoms. The van der Waals surface area contributed by atoms with Crippen molar-refractivity contribution < 1.29 is 9.90 Å². The van der Waals surface area contributed by atoms with Gasteiger partial charge >= 0.3 is 0 Å². The lowest BCUT2D eigenvalue weighted by atomic mass is 10.1. The van der Waals surface area contributed by atoms with Crippen LogP contribution in [0.15, 0.2) is 42.6 Å². The van der Waals surface area contributed by atoms with Crippen molar-refractivity contribution in [2.24, 2.45) is 0 Å². The van der Waals surface area contributed by atoms with Gasteiger partial charge in [0.25, 0.3) is 5.91 Å². The average Bonchev–Trinajstić information content (AvgIpc) is 3.06. The third-order valence-electron chi connectivity index (χ3n) is 4.53. The van der Waals surface area contributed by atoms with Crippen molar-refractivity contribution in [1.82, 2.24) is 4.57 Å². The standard InChI is InChI=1S/C19H25N3O2/c1-14(2)22-11-5-8-18(22)19(24)20-16-6-3-4-7-17(16)21-12-9-15(23)10-13-21/h3-8,11,14-15,23H,9-10,12-13H2,1-2H3,(H,20,24). The Balaban J connectivity index is 1.80. The van der Waals surface area contributed by atoms with Crippen LogP contribution in [0.3, 0.4) is 0 Å². The molecule has 0 bridgehead atoms. The molecule has 0 aliphatic carbocycles. The Hall–Kier alpha value is -2.27. The number of nitrogens with zero attached hydrogens (tertiary/aromatic N) is 2. The first-order valence-electron chi connectivity index (χ1n) is 8.56. The molecule has 1 aliphatic heterocycles. The molecule has 3 rings (SSSR count). The molecule has 0 spiro atoms. The number of nitrogens with one attached hydrogen (secondary N) is 1. The second-order valence-electron chi connectivity index (χ2n) is 6.58. The predicted molar refractivity (Wildman–Crippen MR) is 96.7 cm³/mol. The van der Waals surface area contributed by atoms with Crippen LogP contribution in [0.1, 0.15) is 43.2 Å². The van der Waals surface area contributed by atoms with Crippen LogP contribution in [0.5, 0.6) is 0 Å². The van der Waals surface area contributed by atoms with Gasteiger partial charge in [0.05, 0.1) is 17.5 Å². The van der Waals surface area contributed by atoms with E-state index < -0.39 is 0 Å². The second-order valence-corrected chi connectivity index (χ2v) is 6.58. The highest BCUT2D eigenvalue weighted by molar-refractivity contribution is 6.05. The summed E-state index contributed by atoms with van der Waals surface area (Å²) in [5.74, 6) is -0.0989. The number of aromatic nitrogens is 1. The molecule has 1 aliphatic rings. The number of amides is 1. The maximum absolute atomic E-state index is 12.7. The molecule has 1 aromatic carbocycles. The Morgan fingerprint density at radius 1 is 1.17 bits per heavy atom. The number of carbonyl (C=O) groups is 1. The van der Waals surface area contributed by atoms with Crippen LogP contribution >= 0.6 is 0 Å². The van der Waals surface area contributed by atoms with E-state index in [0.717, 1.165) is 37.3 Å².